The van der Waals surface area contributed by atoms with Gasteiger partial charge in [0, 0.05) is 44.0 Å². The predicted molar refractivity (Wildman–Crippen MR) is 177 cm³/mol. The number of methoxy groups -OCH3 is 1. The van der Waals surface area contributed by atoms with Gasteiger partial charge in [-0.1, -0.05) is 80.3 Å². The van der Waals surface area contributed by atoms with Crippen molar-refractivity contribution in [1.29, 1.82) is 0 Å². The largest absolute Gasteiger partial charge is 0.467 e. The van der Waals surface area contributed by atoms with E-state index in [0.29, 0.717) is 24.3 Å². The molecule has 0 spiro atoms. The number of rotatable bonds is 16. The summed E-state index contributed by atoms with van der Waals surface area (Å²) >= 11 is 6.05. The number of halogens is 1. The molecule has 0 heterocycles. The second-order valence-electron chi connectivity index (χ2n) is 12.5. The van der Waals surface area contributed by atoms with Crippen molar-refractivity contribution in [3.8, 4) is 0 Å². The molecule has 0 bridgehead atoms. The molecule has 0 saturated carbocycles. The van der Waals surface area contributed by atoms with Gasteiger partial charge >= 0.3 is 12.1 Å². The Hall–Kier alpha value is -3.59. The molecule has 0 aliphatic heterocycles. The number of ether oxygens (including phenoxy) is 2. The maximum absolute atomic E-state index is 13.8. The molecule has 45 heavy (non-hydrogen) atoms. The van der Waals surface area contributed by atoms with Crippen LogP contribution < -0.4 is 5.32 Å². The number of amides is 3. The van der Waals surface area contributed by atoms with Gasteiger partial charge in [-0.3, -0.25) is 9.59 Å². The third-order valence-corrected chi connectivity index (χ3v) is 7.90. The van der Waals surface area contributed by atoms with E-state index in [1.165, 1.54) is 16.9 Å². The molecule has 9 nitrogen and oxygen atoms in total. The van der Waals surface area contributed by atoms with Crippen molar-refractivity contribution in [1.82, 2.24) is 15.1 Å². The molecule has 3 amide bonds. The van der Waals surface area contributed by atoms with E-state index in [1.807, 2.05) is 42.5 Å². The Morgan fingerprint density at radius 3 is 2.09 bits per heavy atom. The molecule has 0 radical (unpaired) electrons. The fourth-order valence-electron chi connectivity index (χ4n) is 5.03. The highest BCUT2D eigenvalue weighted by molar-refractivity contribution is 6.30. The van der Waals surface area contributed by atoms with Crippen molar-refractivity contribution in [2.45, 2.75) is 90.3 Å². The second kappa shape index (κ2) is 18.4. The zero-order valence-electron chi connectivity index (χ0n) is 27.8. The van der Waals surface area contributed by atoms with Crippen LogP contribution in [-0.4, -0.2) is 79.1 Å². The minimum atomic E-state index is -1.02. The lowest BCUT2D eigenvalue weighted by molar-refractivity contribution is -0.153. The SMILES string of the molecule is CCCCCC(Cc1ccccc1)C(=O)N(C)[C@H](CNC(=O)C[C@H](Cc1ccc(Cl)cc1)N(C)C(=O)OC(C)(C)C)C(=O)OC. The number of unbranched alkanes of at least 4 members (excludes halogenated alkanes) is 2. The summed E-state index contributed by atoms with van der Waals surface area (Å²) < 4.78 is 10.6. The number of carbonyl (C=O) groups is 4. The minimum Gasteiger partial charge on any atom is -0.467 e. The molecule has 0 aromatic heterocycles. The summed E-state index contributed by atoms with van der Waals surface area (Å²) in [6.07, 6.45) is 3.93. The Balaban J connectivity index is 2.19. The van der Waals surface area contributed by atoms with Crippen LogP contribution in [0, 0.1) is 5.92 Å². The van der Waals surface area contributed by atoms with Crippen molar-refractivity contribution >= 4 is 35.5 Å². The number of nitrogens with zero attached hydrogens (tertiary/aromatic N) is 2. The van der Waals surface area contributed by atoms with Crippen molar-refractivity contribution in [2.75, 3.05) is 27.7 Å². The molecular formula is C35H50ClN3O6. The summed E-state index contributed by atoms with van der Waals surface area (Å²) in [5.41, 5.74) is 1.22. The number of esters is 1. The smallest absolute Gasteiger partial charge is 0.410 e. The Bertz CT molecular complexity index is 1230. The van der Waals surface area contributed by atoms with Crippen LogP contribution in [0.1, 0.15) is 70.9 Å². The summed E-state index contributed by atoms with van der Waals surface area (Å²) in [4.78, 5) is 55.7. The molecule has 2 aromatic carbocycles. The highest BCUT2D eigenvalue weighted by Crippen LogP contribution is 2.21. The average molecular weight is 644 g/mol. The van der Waals surface area contributed by atoms with Crippen LogP contribution in [-0.2, 0) is 36.7 Å². The molecule has 1 unspecified atom stereocenters. The second-order valence-corrected chi connectivity index (χ2v) is 12.9. The van der Waals surface area contributed by atoms with Gasteiger partial charge in [-0.25, -0.2) is 9.59 Å². The molecule has 3 atom stereocenters. The van der Waals surface area contributed by atoms with Crippen molar-refractivity contribution < 1.29 is 28.7 Å². The lowest BCUT2D eigenvalue weighted by Gasteiger charge is -2.32. The summed E-state index contributed by atoms with van der Waals surface area (Å²) in [6.45, 7) is 7.31. The van der Waals surface area contributed by atoms with Gasteiger partial charge < -0.3 is 24.6 Å². The van der Waals surface area contributed by atoms with E-state index in [9.17, 15) is 19.2 Å². The first kappa shape index (κ1) is 37.6. The van der Waals surface area contributed by atoms with Gasteiger partial charge in [0.05, 0.1) is 7.11 Å². The molecule has 1 N–H and O–H groups in total. The van der Waals surface area contributed by atoms with Crippen molar-refractivity contribution in [3.05, 3.63) is 70.7 Å². The van der Waals surface area contributed by atoms with E-state index in [4.69, 9.17) is 21.1 Å². The van der Waals surface area contributed by atoms with Gasteiger partial charge in [-0.15, -0.1) is 0 Å². The van der Waals surface area contributed by atoms with E-state index in [-0.39, 0.29) is 30.7 Å². The number of nitrogens with one attached hydrogen (secondary N) is 1. The highest BCUT2D eigenvalue weighted by atomic mass is 35.5. The molecule has 0 aliphatic rings. The molecule has 0 aliphatic carbocycles. The Kier molecular flexibility index (Phi) is 15.4. The molecule has 0 fully saturated rings. The lowest BCUT2D eigenvalue weighted by Crippen LogP contribution is -2.52. The quantitative estimate of drug-likeness (QED) is 0.176. The van der Waals surface area contributed by atoms with E-state index in [2.05, 4.69) is 12.2 Å². The van der Waals surface area contributed by atoms with Crippen molar-refractivity contribution in [3.63, 3.8) is 0 Å². The monoisotopic (exact) mass is 643 g/mol. The van der Waals surface area contributed by atoms with Gasteiger partial charge in [-0.05, 0) is 63.3 Å². The van der Waals surface area contributed by atoms with E-state index in [0.717, 1.165) is 30.4 Å². The van der Waals surface area contributed by atoms with Crippen LogP contribution in [0.15, 0.2) is 54.6 Å². The fourth-order valence-corrected chi connectivity index (χ4v) is 5.15. The summed E-state index contributed by atoms with van der Waals surface area (Å²) in [5, 5.41) is 3.39. The average Bonchev–Trinajstić information content (AvgIpc) is 3.00. The first-order chi connectivity index (χ1) is 21.2. The van der Waals surface area contributed by atoms with E-state index >= 15 is 0 Å². The van der Waals surface area contributed by atoms with Crippen LogP contribution >= 0.6 is 11.6 Å². The summed E-state index contributed by atoms with van der Waals surface area (Å²) in [7, 11) is 4.43. The number of likely N-dealkylation sites (N-methyl/N-ethyl adjacent to an activating group) is 2. The molecule has 2 rings (SSSR count). The Morgan fingerprint density at radius 2 is 1.51 bits per heavy atom. The maximum atomic E-state index is 13.8. The number of benzene rings is 2. The first-order valence-electron chi connectivity index (χ1n) is 15.6. The van der Waals surface area contributed by atoms with Crippen LogP contribution in [0.5, 0.6) is 0 Å². The van der Waals surface area contributed by atoms with Crippen LogP contribution in [0.25, 0.3) is 0 Å². The summed E-state index contributed by atoms with van der Waals surface area (Å²) in [6, 6.07) is 15.4. The molecule has 248 valence electrons. The van der Waals surface area contributed by atoms with Crippen molar-refractivity contribution in [2.24, 2.45) is 5.92 Å². The topological polar surface area (TPSA) is 105 Å². The molecule has 2 aromatic rings. The van der Waals surface area contributed by atoms with Crippen LogP contribution in [0.2, 0.25) is 5.02 Å². The third kappa shape index (κ3) is 13.1. The number of hydrogen-bond acceptors (Lipinski definition) is 6. The Morgan fingerprint density at radius 1 is 0.889 bits per heavy atom. The standard InChI is InChI=1S/C35H50ClN3O6/c1-8-9-11-16-27(21-25-14-12-10-13-15-25)32(41)39(6)30(33(42)44-7)24-37-31(40)23-29(22-26-17-19-28(36)20-18-26)38(5)34(43)45-35(2,3)4/h10,12-15,17-20,27,29-30H,8-9,11,16,21-24H2,1-7H3,(H,37,40)/t27?,29-,30+/m0/s1. The van der Waals surface area contributed by atoms with Gasteiger partial charge in [0.1, 0.15) is 11.6 Å². The van der Waals surface area contributed by atoms with Gasteiger partial charge in [0.2, 0.25) is 11.8 Å². The van der Waals surface area contributed by atoms with Crippen LogP contribution in [0.3, 0.4) is 0 Å². The summed E-state index contributed by atoms with van der Waals surface area (Å²) in [5.74, 6) is -1.51. The van der Waals surface area contributed by atoms with Gasteiger partial charge in [0.15, 0.2) is 0 Å². The Labute approximate surface area is 273 Å². The number of hydrogen-bond donors (Lipinski definition) is 1. The van der Waals surface area contributed by atoms with E-state index < -0.39 is 29.7 Å². The molecular weight excluding hydrogens is 594 g/mol. The van der Waals surface area contributed by atoms with Gasteiger partial charge in [0.25, 0.3) is 0 Å². The van der Waals surface area contributed by atoms with E-state index in [1.54, 1.807) is 47.0 Å². The highest BCUT2D eigenvalue weighted by Gasteiger charge is 2.33. The minimum absolute atomic E-state index is 0.0580. The zero-order valence-corrected chi connectivity index (χ0v) is 28.6. The lowest BCUT2D eigenvalue weighted by atomic mass is 9.92. The molecule has 0 saturated heterocycles. The maximum Gasteiger partial charge on any atom is 0.410 e. The normalized spacial score (nSPS) is 13.2. The zero-order chi connectivity index (χ0) is 33.6. The van der Waals surface area contributed by atoms with Gasteiger partial charge in [-0.2, -0.15) is 0 Å². The predicted octanol–water partition coefficient (Wildman–Crippen LogP) is 6.06. The third-order valence-electron chi connectivity index (χ3n) is 7.65. The first-order valence-corrected chi connectivity index (χ1v) is 16.0. The molecule has 10 heteroatoms. The number of carbonyl (C=O) groups excluding carboxylic acids is 4. The van der Waals surface area contributed by atoms with Crippen LogP contribution in [0.4, 0.5) is 4.79 Å². The fraction of sp³-hybridized carbons (Fsp3) is 0.543.